The Balaban J connectivity index is 1.47. The van der Waals surface area contributed by atoms with E-state index in [1.165, 1.54) is 0 Å². The molecule has 0 fully saturated rings. The molecule has 50 heavy (non-hydrogen) atoms. The number of rotatable bonds is 11. The fourth-order valence-electron chi connectivity index (χ4n) is 5.87. The molecule has 0 aliphatic carbocycles. The van der Waals surface area contributed by atoms with Crippen molar-refractivity contribution in [2.75, 3.05) is 0 Å². The lowest BCUT2D eigenvalue weighted by atomic mass is 10.3. The zero-order valence-corrected chi connectivity index (χ0v) is 29.6. The molecule has 0 aliphatic rings. The summed E-state index contributed by atoms with van der Waals surface area (Å²) >= 11 is 0. The van der Waals surface area contributed by atoms with Crippen LogP contribution < -0.4 is 46.2 Å². The summed E-state index contributed by atoms with van der Waals surface area (Å²) in [6.45, 7) is 0. The summed E-state index contributed by atoms with van der Waals surface area (Å²) in [5, 5.41) is 3.38. The molecular weight excluding hydrogens is 677 g/mol. The normalized spacial score (nSPS) is 11.8. The van der Waals surface area contributed by atoms with E-state index in [1.807, 2.05) is 133 Å². The van der Waals surface area contributed by atoms with Gasteiger partial charge in [-0.2, -0.15) is 0 Å². The minimum Gasteiger partial charge on any atom is -0.437 e. The van der Waals surface area contributed by atoms with Crippen LogP contribution >= 0.6 is 21.9 Å². The van der Waals surface area contributed by atoms with Crippen LogP contribution in [0.4, 0.5) is 0 Å². The first-order valence-corrected chi connectivity index (χ1v) is 21.0. The van der Waals surface area contributed by atoms with Gasteiger partial charge in [0.25, 0.3) is 0 Å². The maximum absolute atomic E-state index is 16.0. The minimum absolute atomic E-state index is 0.165. The molecule has 246 valence electrons. The maximum Gasteiger partial charge on any atom is 0.306 e. The predicted octanol–water partition coefficient (Wildman–Crippen LogP) is 7.94. The van der Waals surface area contributed by atoms with E-state index in [0.29, 0.717) is 31.8 Å². The van der Waals surface area contributed by atoms with Gasteiger partial charge in [0.1, 0.15) is 11.5 Å². The van der Waals surface area contributed by atoms with Gasteiger partial charge in [-0.05, 0) is 66.7 Å². The average molecular weight is 711 g/mol. The van der Waals surface area contributed by atoms with Crippen LogP contribution in [-0.2, 0) is 13.7 Å². The van der Waals surface area contributed by atoms with Gasteiger partial charge < -0.3 is 13.6 Å². The van der Waals surface area contributed by atoms with Crippen LogP contribution in [0, 0.1) is 0 Å². The zero-order valence-electron chi connectivity index (χ0n) is 26.9. The molecule has 0 spiro atoms. The molecule has 7 rings (SSSR count). The van der Waals surface area contributed by atoms with Crippen molar-refractivity contribution in [1.82, 2.24) is 0 Å². The van der Waals surface area contributed by atoms with Crippen LogP contribution in [0.5, 0.6) is 11.5 Å². The first-order valence-electron chi connectivity index (χ1n) is 16.1. The molecule has 0 saturated heterocycles. The van der Waals surface area contributed by atoms with Gasteiger partial charge in [-0.15, -0.1) is 0 Å². The Morgan fingerprint density at radius 1 is 0.320 bits per heavy atom. The smallest absolute Gasteiger partial charge is 0.306 e. The SMILES string of the molecule is O=P(Oc1ccc(OP(=O)(c2ccccc2)c2ccccc2)c(P(=O)(c2ccccc2)c2ccccc2)c1)(c1ccccc1)c1ccccc1. The monoisotopic (exact) mass is 710 g/mol. The molecule has 0 aromatic heterocycles. The molecule has 8 heteroatoms. The summed E-state index contributed by atoms with van der Waals surface area (Å²) in [5.74, 6) is 0.392. The molecule has 0 bridgehead atoms. The molecule has 0 N–H and O–H groups in total. The molecule has 0 amide bonds. The lowest BCUT2D eigenvalue weighted by Gasteiger charge is -2.27. The second-order valence-corrected chi connectivity index (χ2v) is 18.9. The molecule has 0 unspecified atom stereocenters. The first-order chi connectivity index (χ1) is 24.4. The Hall–Kier alpha value is -5.17. The van der Waals surface area contributed by atoms with Gasteiger partial charge in [-0.25, -0.2) is 0 Å². The average Bonchev–Trinajstić information content (AvgIpc) is 3.20. The molecule has 7 aromatic carbocycles. The highest BCUT2D eigenvalue weighted by Gasteiger charge is 2.38. The third-order valence-corrected chi connectivity index (χ3v) is 16.3. The Morgan fingerprint density at radius 2 is 0.620 bits per heavy atom. The second kappa shape index (κ2) is 14.4. The van der Waals surface area contributed by atoms with Crippen LogP contribution in [0.25, 0.3) is 0 Å². The third-order valence-electron chi connectivity index (χ3n) is 8.35. The van der Waals surface area contributed by atoms with E-state index in [2.05, 4.69) is 0 Å². The zero-order chi connectivity index (χ0) is 34.4. The first kappa shape index (κ1) is 33.3. The van der Waals surface area contributed by atoms with Crippen molar-refractivity contribution in [3.05, 3.63) is 200 Å². The van der Waals surface area contributed by atoms with Crippen molar-refractivity contribution in [1.29, 1.82) is 0 Å². The topological polar surface area (TPSA) is 69.7 Å². The summed E-state index contributed by atoms with van der Waals surface area (Å²) in [7, 11) is -11.2. The van der Waals surface area contributed by atoms with E-state index in [9.17, 15) is 0 Å². The summed E-state index contributed by atoms with van der Waals surface area (Å²) < 4.78 is 59.5. The summed E-state index contributed by atoms with van der Waals surface area (Å²) in [4.78, 5) is 0. The number of hydrogen-bond acceptors (Lipinski definition) is 5. The van der Waals surface area contributed by atoms with Crippen LogP contribution in [0.1, 0.15) is 0 Å². The second-order valence-electron chi connectivity index (χ2n) is 11.5. The van der Waals surface area contributed by atoms with Crippen molar-refractivity contribution in [3.8, 4) is 11.5 Å². The van der Waals surface area contributed by atoms with Crippen molar-refractivity contribution in [3.63, 3.8) is 0 Å². The third kappa shape index (κ3) is 6.45. The molecular formula is C42H33O5P3. The number of benzene rings is 7. The summed E-state index contributed by atoms with van der Waals surface area (Å²) in [6, 6.07) is 59.4. The fourth-order valence-corrected chi connectivity index (χ4v) is 12.8. The van der Waals surface area contributed by atoms with Crippen LogP contribution in [0.15, 0.2) is 200 Å². The van der Waals surface area contributed by atoms with Crippen molar-refractivity contribution < 1.29 is 22.7 Å². The highest BCUT2D eigenvalue weighted by Crippen LogP contribution is 2.52. The molecule has 0 saturated carbocycles. The highest BCUT2D eigenvalue weighted by molar-refractivity contribution is 7.85. The lowest BCUT2D eigenvalue weighted by molar-refractivity contribution is 0.496. The van der Waals surface area contributed by atoms with Crippen LogP contribution in [-0.4, -0.2) is 0 Å². The number of hydrogen-bond donors (Lipinski definition) is 0. The van der Waals surface area contributed by atoms with Crippen LogP contribution in [0.3, 0.4) is 0 Å². The van der Waals surface area contributed by atoms with Gasteiger partial charge in [-0.3, -0.25) is 9.13 Å². The van der Waals surface area contributed by atoms with E-state index in [-0.39, 0.29) is 16.8 Å². The van der Waals surface area contributed by atoms with E-state index >= 15 is 13.7 Å². The van der Waals surface area contributed by atoms with E-state index in [0.717, 1.165) is 0 Å². The van der Waals surface area contributed by atoms with Crippen LogP contribution in [0.2, 0.25) is 0 Å². The van der Waals surface area contributed by atoms with Crippen molar-refractivity contribution in [2.24, 2.45) is 0 Å². The Kier molecular flexibility index (Phi) is 9.57. The van der Waals surface area contributed by atoms with Gasteiger partial charge in [0.2, 0.25) is 0 Å². The Labute approximate surface area is 292 Å². The van der Waals surface area contributed by atoms with Gasteiger partial charge in [0.15, 0.2) is 7.14 Å². The molecule has 0 radical (unpaired) electrons. The lowest BCUT2D eigenvalue weighted by Crippen LogP contribution is -2.28. The Bertz CT molecular complexity index is 2210. The summed E-state index contributed by atoms with van der Waals surface area (Å²) in [5.41, 5.74) is 0. The Morgan fingerprint density at radius 3 is 0.960 bits per heavy atom. The van der Waals surface area contributed by atoms with E-state index < -0.39 is 21.9 Å². The van der Waals surface area contributed by atoms with Gasteiger partial charge in [-0.1, -0.05) is 133 Å². The molecule has 7 aromatic rings. The quantitative estimate of drug-likeness (QED) is 0.128. The van der Waals surface area contributed by atoms with Gasteiger partial charge in [0.05, 0.1) is 26.5 Å². The summed E-state index contributed by atoms with van der Waals surface area (Å²) in [6.07, 6.45) is 0. The minimum atomic E-state index is -3.79. The molecule has 5 nitrogen and oxygen atoms in total. The molecule has 0 atom stereocenters. The van der Waals surface area contributed by atoms with E-state index in [1.54, 1.807) is 66.7 Å². The van der Waals surface area contributed by atoms with Gasteiger partial charge in [0, 0.05) is 10.6 Å². The predicted molar refractivity (Wildman–Crippen MR) is 207 cm³/mol. The maximum atomic E-state index is 16.0. The molecule has 0 heterocycles. The fraction of sp³-hybridized carbons (Fsp3) is 0. The van der Waals surface area contributed by atoms with Gasteiger partial charge >= 0.3 is 14.7 Å². The largest absolute Gasteiger partial charge is 0.437 e. The standard InChI is InChI=1S/C42H33O5P3/c43-48(35-19-7-1-8-20-35,36-21-9-2-10-22-36)42-33-34(46-49(44,37-23-11-3-12-24-37)38-25-13-4-14-26-38)31-32-41(42)47-50(45,39-27-15-5-16-28-39)40-29-17-6-18-30-40/h1-33H. The molecule has 0 aliphatic heterocycles. The van der Waals surface area contributed by atoms with E-state index in [4.69, 9.17) is 9.05 Å². The van der Waals surface area contributed by atoms with Crippen molar-refractivity contribution in [2.45, 2.75) is 0 Å². The highest BCUT2D eigenvalue weighted by atomic mass is 31.2. The van der Waals surface area contributed by atoms with Crippen molar-refractivity contribution >= 4 is 59.0 Å².